The standard InChI is InChI=1S/C18H16N2O2/c1-2-13-6-8-14(9-7-13)17-11-20(12-19-17)16-5-3-4-15(10-16)18(21)22/h3-12H,2H2,1H3,(H,21,22). The van der Waals surface area contributed by atoms with Gasteiger partial charge in [0, 0.05) is 17.4 Å². The van der Waals surface area contributed by atoms with E-state index in [0.717, 1.165) is 23.4 Å². The Morgan fingerprint density at radius 2 is 1.95 bits per heavy atom. The van der Waals surface area contributed by atoms with E-state index in [0.29, 0.717) is 0 Å². The Labute approximate surface area is 128 Å². The average Bonchev–Trinajstić information content (AvgIpc) is 3.05. The van der Waals surface area contributed by atoms with Crippen LogP contribution in [0.15, 0.2) is 61.1 Å². The van der Waals surface area contributed by atoms with Gasteiger partial charge in [0.15, 0.2) is 0 Å². The Hall–Kier alpha value is -2.88. The Kier molecular flexibility index (Phi) is 3.74. The number of hydrogen-bond acceptors (Lipinski definition) is 2. The molecule has 0 spiro atoms. The maximum atomic E-state index is 11.0. The van der Waals surface area contributed by atoms with Crippen LogP contribution in [0.3, 0.4) is 0 Å². The van der Waals surface area contributed by atoms with E-state index in [4.69, 9.17) is 5.11 Å². The molecule has 0 fully saturated rings. The van der Waals surface area contributed by atoms with Gasteiger partial charge in [-0.3, -0.25) is 0 Å². The van der Waals surface area contributed by atoms with Gasteiger partial charge >= 0.3 is 5.97 Å². The van der Waals surface area contributed by atoms with Crippen molar-refractivity contribution in [2.24, 2.45) is 0 Å². The smallest absolute Gasteiger partial charge is 0.335 e. The number of carbonyl (C=O) groups is 1. The Bertz CT molecular complexity index is 804. The molecular weight excluding hydrogens is 276 g/mol. The molecule has 3 rings (SSSR count). The molecule has 0 saturated carbocycles. The molecule has 0 bridgehead atoms. The van der Waals surface area contributed by atoms with Gasteiger partial charge in [-0.25, -0.2) is 9.78 Å². The maximum absolute atomic E-state index is 11.0. The first kappa shape index (κ1) is 14.1. The van der Waals surface area contributed by atoms with Crippen molar-refractivity contribution in [2.75, 3.05) is 0 Å². The van der Waals surface area contributed by atoms with E-state index in [1.54, 1.807) is 24.5 Å². The van der Waals surface area contributed by atoms with Crippen LogP contribution in [0.25, 0.3) is 16.9 Å². The fourth-order valence-corrected chi connectivity index (χ4v) is 2.32. The average molecular weight is 292 g/mol. The zero-order valence-electron chi connectivity index (χ0n) is 12.2. The number of rotatable bonds is 4. The van der Waals surface area contributed by atoms with Gasteiger partial charge in [-0.15, -0.1) is 0 Å². The van der Waals surface area contributed by atoms with Crippen LogP contribution in [0.1, 0.15) is 22.8 Å². The lowest BCUT2D eigenvalue weighted by molar-refractivity contribution is 0.0697. The molecule has 0 aliphatic carbocycles. The zero-order valence-corrected chi connectivity index (χ0v) is 12.2. The third-order valence-corrected chi connectivity index (χ3v) is 3.63. The molecule has 4 heteroatoms. The monoisotopic (exact) mass is 292 g/mol. The van der Waals surface area contributed by atoms with Gasteiger partial charge in [0.1, 0.15) is 0 Å². The number of aromatic nitrogens is 2. The molecule has 2 aromatic carbocycles. The number of benzene rings is 2. The van der Waals surface area contributed by atoms with Crippen LogP contribution in [-0.2, 0) is 6.42 Å². The summed E-state index contributed by atoms with van der Waals surface area (Å²) in [6, 6.07) is 15.1. The number of carboxylic acid groups (broad SMARTS) is 1. The highest BCUT2D eigenvalue weighted by molar-refractivity contribution is 5.88. The van der Waals surface area contributed by atoms with Crippen LogP contribution < -0.4 is 0 Å². The molecule has 1 aromatic heterocycles. The van der Waals surface area contributed by atoms with Gasteiger partial charge < -0.3 is 9.67 Å². The minimum atomic E-state index is -0.933. The molecule has 4 nitrogen and oxygen atoms in total. The lowest BCUT2D eigenvalue weighted by Crippen LogP contribution is -1.98. The van der Waals surface area contributed by atoms with Gasteiger partial charge in [-0.2, -0.15) is 0 Å². The topological polar surface area (TPSA) is 55.1 Å². The molecule has 0 aliphatic heterocycles. The first-order valence-electron chi connectivity index (χ1n) is 7.14. The van der Waals surface area contributed by atoms with Crippen LogP contribution in [0.2, 0.25) is 0 Å². The van der Waals surface area contributed by atoms with Crippen molar-refractivity contribution in [3.8, 4) is 16.9 Å². The van der Waals surface area contributed by atoms with Crippen molar-refractivity contribution in [2.45, 2.75) is 13.3 Å². The van der Waals surface area contributed by atoms with Gasteiger partial charge in [0.25, 0.3) is 0 Å². The molecular formula is C18H16N2O2. The Morgan fingerprint density at radius 3 is 2.64 bits per heavy atom. The van der Waals surface area contributed by atoms with Crippen molar-refractivity contribution in [1.82, 2.24) is 9.55 Å². The van der Waals surface area contributed by atoms with Crippen LogP contribution in [0, 0.1) is 0 Å². The zero-order chi connectivity index (χ0) is 15.5. The third-order valence-electron chi connectivity index (χ3n) is 3.63. The molecule has 0 unspecified atom stereocenters. The molecule has 1 N–H and O–H groups in total. The highest BCUT2D eigenvalue weighted by Gasteiger charge is 2.07. The van der Waals surface area contributed by atoms with Crippen molar-refractivity contribution < 1.29 is 9.90 Å². The number of hydrogen-bond donors (Lipinski definition) is 1. The summed E-state index contributed by atoms with van der Waals surface area (Å²) in [5.74, 6) is -0.933. The first-order valence-corrected chi connectivity index (χ1v) is 7.14. The fraction of sp³-hybridized carbons (Fsp3) is 0.111. The molecule has 3 aromatic rings. The Morgan fingerprint density at radius 1 is 1.18 bits per heavy atom. The van der Waals surface area contributed by atoms with Crippen molar-refractivity contribution >= 4 is 5.97 Å². The molecule has 0 saturated heterocycles. The summed E-state index contributed by atoms with van der Waals surface area (Å²) in [6.45, 7) is 2.12. The molecule has 0 radical (unpaired) electrons. The number of carboxylic acids is 1. The van der Waals surface area contributed by atoms with Crippen molar-refractivity contribution in [3.05, 3.63) is 72.2 Å². The van der Waals surface area contributed by atoms with Crippen molar-refractivity contribution in [3.63, 3.8) is 0 Å². The summed E-state index contributed by atoms with van der Waals surface area (Å²) in [6.07, 6.45) is 4.61. The van der Waals surface area contributed by atoms with Gasteiger partial charge in [0.2, 0.25) is 0 Å². The Balaban J connectivity index is 1.93. The normalized spacial score (nSPS) is 10.6. The molecule has 0 aliphatic rings. The van der Waals surface area contributed by atoms with E-state index in [2.05, 4.69) is 36.2 Å². The number of nitrogens with zero attached hydrogens (tertiary/aromatic N) is 2. The van der Waals surface area contributed by atoms with Crippen molar-refractivity contribution in [1.29, 1.82) is 0 Å². The van der Waals surface area contributed by atoms with Crippen LogP contribution in [-0.4, -0.2) is 20.6 Å². The SMILES string of the molecule is CCc1ccc(-c2cn(-c3cccc(C(=O)O)c3)cn2)cc1. The summed E-state index contributed by atoms with van der Waals surface area (Å²) in [5, 5.41) is 9.06. The van der Waals surface area contributed by atoms with E-state index in [9.17, 15) is 4.79 Å². The quantitative estimate of drug-likeness (QED) is 0.795. The fourth-order valence-electron chi connectivity index (χ4n) is 2.32. The number of aromatic carboxylic acids is 1. The molecule has 22 heavy (non-hydrogen) atoms. The summed E-state index contributed by atoms with van der Waals surface area (Å²) >= 11 is 0. The molecule has 0 amide bonds. The van der Waals surface area contributed by atoms with Gasteiger partial charge in [-0.05, 0) is 30.2 Å². The summed E-state index contributed by atoms with van der Waals surface area (Å²) in [4.78, 5) is 15.5. The molecule has 0 atom stereocenters. The first-order chi connectivity index (χ1) is 10.7. The largest absolute Gasteiger partial charge is 0.478 e. The van der Waals surface area contributed by atoms with E-state index < -0.39 is 5.97 Å². The number of imidazole rings is 1. The third kappa shape index (κ3) is 2.76. The molecule has 110 valence electrons. The van der Waals surface area contributed by atoms with Gasteiger partial charge in [-0.1, -0.05) is 37.3 Å². The highest BCUT2D eigenvalue weighted by atomic mass is 16.4. The van der Waals surface area contributed by atoms with Crippen LogP contribution in [0.5, 0.6) is 0 Å². The highest BCUT2D eigenvalue weighted by Crippen LogP contribution is 2.20. The minimum Gasteiger partial charge on any atom is -0.478 e. The van der Waals surface area contributed by atoms with E-state index in [-0.39, 0.29) is 5.56 Å². The maximum Gasteiger partial charge on any atom is 0.335 e. The number of aryl methyl sites for hydroxylation is 1. The lowest BCUT2D eigenvalue weighted by atomic mass is 10.1. The summed E-state index contributed by atoms with van der Waals surface area (Å²) < 4.78 is 1.83. The summed E-state index contributed by atoms with van der Waals surface area (Å²) in [7, 11) is 0. The second kappa shape index (κ2) is 5.85. The second-order valence-corrected chi connectivity index (χ2v) is 5.07. The summed E-state index contributed by atoms with van der Waals surface area (Å²) in [5.41, 5.74) is 4.25. The van der Waals surface area contributed by atoms with E-state index in [1.807, 2.05) is 16.8 Å². The predicted octanol–water partition coefficient (Wildman–Crippen LogP) is 3.80. The van der Waals surface area contributed by atoms with E-state index in [1.165, 1.54) is 5.56 Å². The second-order valence-electron chi connectivity index (χ2n) is 5.07. The minimum absolute atomic E-state index is 0.264. The van der Waals surface area contributed by atoms with Crippen LogP contribution >= 0.6 is 0 Å². The molecule has 1 heterocycles. The van der Waals surface area contributed by atoms with Gasteiger partial charge in [0.05, 0.1) is 17.6 Å². The lowest BCUT2D eigenvalue weighted by Gasteiger charge is -2.03. The predicted molar refractivity (Wildman–Crippen MR) is 85.3 cm³/mol. The van der Waals surface area contributed by atoms with E-state index >= 15 is 0 Å². The van der Waals surface area contributed by atoms with Crippen LogP contribution in [0.4, 0.5) is 0 Å².